The molecular formula is C40H16CoN16. The molecule has 0 unspecified atom stereocenters. The normalized spacial score (nSPS) is 12.1. The fourth-order valence-corrected chi connectivity index (χ4v) is 7.10. The van der Waals surface area contributed by atoms with E-state index in [-0.39, 0.29) is 62.7 Å². The van der Waals surface area contributed by atoms with E-state index in [4.69, 9.17) is 79.7 Å². The SMILES string of the molecule is [Co+2].c1ccc2nc3c(nc2c1)-c1nc-3nc2[n-]c(nc3nc(nc4[n-]c(n1)c1nc5ccccc5nc41)-c1nc4ccccc4nc1-3)c1nc3ccccc3nc21. The molecule has 2 aliphatic rings. The number of rotatable bonds is 0. The maximum Gasteiger partial charge on any atom is 2.00 e. The standard InChI is InChI=1S/C40H16N16.Co/c1-2-10-18-17(9-1)41-25-26(42-18)34-49-33(25)53-35-27-28(44-20-12-4-3-11-19(20)43-27)37(50-35)55-39-31-32(48-24-16-8-7-15-23(24)47-31)40(52-39)56-38-30-29(36(51-38)54-34)45-21-13-5-6-14-22(21)46-30;/h1-16H;/q-2;+2. The van der Waals surface area contributed by atoms with E-state index in [0.29, 0.717) is 89.0 Å². The summed E-state index contributed by atoms with van der Waals surface area (Å²) in [6, 6.07) is 30.3. The quantitative estimate of drug-likeness (QED) is 0.175. The van der Waals surface area contributed by atoms with E-state index in [0.717, 1.165) is 0 Å². The number of nitrogens with zero attached hydrogens (tertiary/aromatic N) is 16. The summed E-state index contributed by atoms with van der Waals surface area (Å²) >= 11 is 0. The third kappa shape index (κ3) is 4.66. The molecule has 0 spiro atoms. The van der Waals surface area contributed by atoms with Crippen molar-refractivity contribution in [3.63, 3.8) is 0 Å². The molecule has 0 N–H and O–H groups in total. The second-order valence-corrected chi connectivity index (χ2v) is 13.1. The fourth-order valence-electron chi connectivity index (χ4n) is 7.10. The Morgan fingerprint density at radius 2 is 0.456 bits per heavy atom. The van der Waals surface area contributed by atoms with Crippen LogP contribution in [0.1, 0.15) is 0 Å². The van der Waals surface area contributed by atoms with Crippen LogP contribution >= 0.6 is 0 Å². The van der Waals surface area contributed by atoms with E-state index in [1.807, 2.05) is 97.1 Å². The van der Waals surface area contributed by atoms with Crippen molar-refractivity contribution >= 4 is 88.8 Å². The zero-order valence-electron chi connectivity index (χ0n) is 28.7. The molecule has 0 amide bonds. The first-order valence-electron chi connectivity index (χ1n) is 17.5. The molecule has 8 bridgehead atoms. The third-order valence-electron chi connectivity index (χ3n) is 9.67. The minimum Gasteiger partial charge on any atom is -0.354 e. The van der Waals surface area contributed by atoms with Crippen LogP contribution in [0.4, 0.5) is 0 Å². The molecule has 2 aliphatic heterocycles. The van der Waals surface area contributed by atoms with Crippen molar-refractivity contribution in [1.29, 1.82) is 0 Å². The Hall–Kier alpha value is -7.89. The van der Waals surface area contributed by atoms with E-state index >= 15 is 0 Å². The van der Waals surface area contributed by atoms with E-state index in [1.54, 1.807) is 0 Å². The van der Waals surface area contributed by atoms with Gasteiger partial charge in [-0.3, -0.25) is 0 Å². The maximum atomic E-state index is 4.98. The molecule has 57 heavy (non-hydrogen) atoms. The van der Waals surface area contributed by atoms with E-state index < -0.39 is 0 Å². The van der Waals surface area contributed by atoms with Crippen LogP contribution in [0.5, 0.6) is 0 Å². The van der Waals surface area contributed by atoms with Gasteiger partial charge < -0.3 is 29.9 Å². The average Bonchev–Trinajstić information content (AvgIpc) is 3.95. The summed E-state index contributed by atoms with van der Waals surface area (Å²) in [7, 11) is 0. The Labute approximate surface area is 327 Å². The van der Waals surface area contributed by atoms with Crippen molar-refractivity contribution in [2.75, 3.05) is 0 Å². The van der Waals surface area contributed by atoms with Crippen LogP contribution in [0, 0.1) is 0 Å². The van der Waals surface area contributed by atoms with Gasteiger partial charge in [0.25, 0.3) is 0 Å². The van der Waals surface area contributed by atoms with Crippen LogP contribution in [0.15, 0.2) is 97.1 Å². The minimum atomic E-state index is 0. The summed E-state index contributed by atoms with van der Waals surface area (Å²) in [5.41, 5.74) is 9.60. The summed E-state index contributed by atoms with van der Waals surface area (Å²) in [5, 5.41) is 0. The van der Waals surface area contributed by atoms with Gasteiger partial charge in [-0.15, -0.1) is 0 Å². The van der Waals surface area contributed by atoms with E-state index in [2.05, 4.69) is 0 Å². The molecule has 9 heterocycles. The van der Waals surface area contributed by atoms with Gasteiger partial charge in [0.15, 0.2) is 0 Å². The monoisotopic (exact) mass is 779 g/mol. The number of fused-ring (bicyclic) bond motifs is 24. The van der Waals surface area contributed by atoms with E-state index in [1.165, 1.54) is 0 Å². The molecule has 0 fully saturated rings. The van der Waals surface area contributed by atoms with Gasteiger partial charge in [-0.05, 0) is 48.5 Å². The molecule has 1 radical (unpaired) electrons. The van der Waals surface area contributed by atoms with Crippen molar-refractivity contribution in [2.24, 2.45) is 0 Å². The Balaban J connectivity index is 0.00000356. The molecule has 11 aromatic rings. The maximum absolute atomic E-state index is 4.98. The summed E-state index contributed by atoms with van der Waals surface area (Å²) < 4.78 is 0. The predicted octanol–water partition coefficient (Wildman–Crippen LogP) is 5.90. The van der Waals surface area contributed by atoms with Gasteiger partial charge in [0.05, 0.1) is 44.1 Å². The Morgan fingerprint density at radius 3 is 0.684 bits per heavy atom. The first-order chi connectivity index (χ1) is 27.7. The van der Waals surface area contributed by atoms with Crippen LogP contribution in [0.3, 0.4) is 0 Å². The largest absolute Gasteiger partial charge is 2.00 e. The second kappa shape index (κ2) is 11.6. The topological polar surface area (TPSA) is 209 Å². The van der Waals surface area contributed by atoms with Gasteiger partial charge in [0.2, 0.25) is 0 Å². The molecule has 265 valence electrons. The van der Waals surface area contributed by atoms with Gasteiger partial charge in [-0.25, -0.2) is 49.8 Å². The van der Waals surface area contributed by atoms with Crippen molar-refractivity contribution in [2.45, 2.75) is 0 Å². The summed E-state index contributed by atoms with van der Waals surface area (Å²) in [6.45, 7) is 0. The Morgan fingerprint density at radius 1 is 0.246 bits per heavy atom. The molecule has 0 saturated heterocycles. The molecule has 0 atom stereocenters. The molecular weight excluding hydrogens is 763 g/mol. The molecule has 4 aromatic carbocycles. The zero-order chi connectivity index (χ0) is 36.5. The Kier molecular flexibility index (Phi) is 6.38. The summed E-state index contributed by atoms with van der Waals surface area (Å²) in [5.74, 6) is 0.940. The first kappa shape index (κ1) is 31.5. The van der Waals surface area contributed by atoms with Crippen LogP contribution in [0.2, 0.25) is 0 Å². The van der Waals surface area contributed by atoms with Crippen molar-refractivity contribution in [3.05, 3.63) is 97.1 Å². The Bertz CT molecular complexity index is 3270. The summed E-state index contributed by atoms with van der Waals surface area (Å²) in [6.07, 6.45) is 0. The van der Waals surface area contributed by atoms with Crippen LogP contribution < -0.4 is 9.97 Å². The predicted molar refractivity (Wildman–Crippen MR) is 206 cm³/mol. The second-order valence-electron chi connectivity index (χ2n) is 13.1. The number of hydrogen-bond acceptors (Lipinski definition) is 14. The van der Waals surface area contributed by atoms with Gasteiger partial charge in [0.1, 0.15) is 68.1 Å². The molecule has 13 rings (SSSR count). The molecule has 7 aromatic heterocycles. The summed E-state index contributed by atoms with van der Waals surface area (Å²) in [4.78, 5) is 79.2. The number of hydrogen-bond donors (Lipinski definition) is 0. The van der Waals surface area contributed by atoms with E-state index in [9.17, 15) is 0 Å². The van der Waals surface area contributed by atoms with Crippen molar-refractivity contribution in [1.82, 2.24) is 79.7 Å². The van der Waals surface area contributed by atoms with Crippen molar-refractivity contribution < 1.29 is 16.8 Å². The molecule has 0 aliphatic carbocycles. The van der Waals surface area contributed by atoms with Gasteiger partial charge >= 0.3 is 16.8 Å². The number of aromatic nitrogens is 16. The first-order valence-corrected chi connectivity index (χ1v) is 17.5. The van der Waals surface area contributed by atoms with Gasteiger partial charge in [0, 0.05) is 22.6 Å². The fraction of sp³-hybridized carbons (Fsp3) is 0. The zero-order valence-corrected chi connectivity index (χ0v) is 29.8. The third-order valence-corrected chi connectivity index (χ3v) is 9.67. The molecule has 0 saturated carbocycles. The van der Waals surface area contributed by atoms with Gasteiger partial charge in [-0.1, -0.05) is 48.5 Å². The number of para-hydroxylation sites is 8. The molecule has 17 heteroatoms. The van der Waals surface area contributed by atoms with Crippen LogP contribution in [-0.4, -0.2) is 69.8 Å². The minimum absolute atomic E-state index is 0. The smallest absolute Gasteiger partial charge is 0.354 e. The van der Waals surface area contributed by atoms with Gasteiger partial charge in [-0.2, -0.15) is 0 Å². The number of benzene rings is 4. The molecule has 16 nitrogen and oxygen atoms in total. The van der Waals surface area contributed by atoms with Crippen LogP contribution in [0.25, 0.3) is 135 Å². The van der Waals surface area contributed by atoms with Crippen molar-refractivity contribution in [3.8, 4) is 46.1 Å². The average molecular weight is 780 g/mol. The van der Waals surface area contributed by atoms with Crippen LogP contribution in [-0.2, 0) is 16.8 Å².